The van der Waals surface area contributed by atoms with Crippen LogP contribution in [0.3, 0.4) is 0 Å². The molecular formula is C30H21F4N5O2S. The largest absolute Gasteiger partial charge is 0.435 e. The van der Waals surface area contributed by atoms with Gasteiger partial charge in [0.2, 0.25) is 0 Å². The quantitative estimate of drug-likeness (QED) is 0.218. The van der Waals surface area contributed by atoms with Crippen LogP contribution in [0.2, 0.25) is 0 Å². The van der Waals surface area contributed by atoms with E-state index in [0.29, 0.717) is 22.5 Å². The fraction of sp³-hybridized carbons (Fsp3) is 0.133. The third-order valence-electron chi connectivity index (χ3n) is 6.94. The molecule has 2 aromatic carbocycles. The van der Waals surface area contributed by atoms with E-state index >= 15 is 0 Å². The van der Waals surface area contributed by atoms with Crippen LogP contribution in [0, 0.1) is 12.7 Å². The van der Waals surface area contributed by atoms with Crippen LogP contribution in [0.15, 0.2) is 72.9 Å². The van der Waals surface area contributed by atoms with Gasteiger partial charge in [-0.15, -0.1) is 11.3 Å². The summed E-state index contributed by atoms with van der Waals surface area (Å²) in [5, 5.41) is 8.20. The summed E-state index contributed by atoms with van der Waals surface area (Å²) in [5.74, 6) is -1.45. The molecule has 5 aromatic rings. The number of anilines is 2. The molecule has 0 radical (unpaired) electrons. The number of carbonyl (C=O) groups is 2. The second-order valence-electron chi connectivity index (χ2n) is 9.63. The summed E-state index contributed by atoms with van der Waals surface area (Å²) in [7, 11) is 0. The van der Waals surface area contributed by atoms with Crippen molar-refractivity contribution in [3.63, 3.8) is 0 Å². The van der Waals surface area contributed by atoms with Gasteiger partial charge in [0, 0.05) is 23.2 Å². The maximum absolute atomic E-state index is 14.3. The SMILES string of the molecule is Cc1cccc(F)c1NC(=O)c1cc2c(s1)-c1ccccc1N(C(=O)c1cccc(-c3c[nH]nc3C(F)(F)F)n1)CC2. The molecule has 0 atom stereocenters. The Morgan fingerprint density at radius 1 is 1.02 bits per heavy atom. The van der Waals surface area contributed by atoms with E-state index in [0.717, 1.165) is 22.2 Å². The summed E-state index contributed by atoms with van der Waals surface area (Å²) in [5.41, 5.74) is 1.42. The number of benzene rings is 2. The second-order valence-corrected chi connectivity index (χ2v) is 10.7. The van der Waals surface area contributed by atoms with Crippen molar-refractivity contribution < 1.29 is 27.2 Å². The number of aryl methyl sites for hydroxylation is 1. The Labute approximate surface area is 240 Å². The van der Waals surface area contributed by atoms with Crippen molar-refractivity contribution in [1.82, 2.24) is 15.2 Å². The number of nitrogens with zero attached hydrogens (tertiary/aromatic N) is 3. The number of para-hydroxylation sites is 2. The number of H-pyrrole nitrogens is 1. The Hall–Kier alpha value is -4.84. The Kier molecular flexibility index (Phi) is 6.85. The second kappa shape index (κ2) is 10.5. The summed E-state index contributed by atoms with van der Waals surface area (Å²) < 4.78 is 54.6. The van der Waals surface area contributed by atoms with Crippen molar-refractivity contribution in [3.8, 4) is 21.7 Å². The van der Waals surface area contributed by atoms with E-state index in [1.54, 1.807) is 37.3 Å². The number of aromatic nitrogens is 3. The van der Waals surface area contributed by atoms with Gasteiger partial charge in [-0.3, -0.25) is 14.7 Å². The predicted octanol–water partition coefficient (Wildman–Crippen LogP) is 7.12. The molecule has 212 valence electrons. The molecule has 3 aromatic heterocycles. The van der Waals surface area contributed by atoms with Crippen LogP contribution in [0.5, 0.6) is 0 Å². The summed E-state index contributed by atoms with van der Waals surface area (Å²) in [6, 6.07) is 17.8. The van der Waals surface area contributed by atoms with E-state index in [-0.39, 0.29) is 29.2 Å². The summed E-state index contributed by atoms with van der Waals surface area (Å²) in [6.45, 7) is 1.94. The smallest absolute Gasteiger partial charge is 0.319 e. The van der Waals surface area contributed by atoms with Gasteiger partial charge in [0.25, 0.3) is 11.8 Å². The molecule has 0 spiro atoms. The van der Waals surface area contributed by atoms with Gasteiger partial charge in [0.15, 0.2) is 5.69 Å². The molecule has 0 saturated carbocycles. The van der Waals surface area contributed by atoms with Gasteiger partial charge in [0.05, 0.1) is 27.5 Å². The number of alkyl halides is 3. The Morgan fingerprint density at radius 2 is 1.81 bits per heavy atom. The molecule has 1 aliphatic heterocycles. The van der Waals surface area contributed by atoms with Crippen LogP contribution in [0.4, 0.5) is 28.9 Å². The molecule has 7 nitrogen and oxygen atoms in total. The average molecular weight is 592 g/mol. The van der Waals surface area contributed by atoms with Crippen molar-refractivity contribution in [1.29, 1.82) is 0 Å². The Bertz CT molecular complexity index is 1830. The number of rotatable bonds is 4. The lowest BCUT2D eigenvalue weighted by Gasteiger charge is -2.23. The van der Waals surface area contributed by atoms with E-state index in [9.17, 15) is 27.2 Å². The highest BCUT2D eigenvalue weighted by Crippen LogP contribution is 2.42. The first kappa shape index (κ1) is 27.3. The number of fused-ring (bicyclic) bond motifs is 3. The van der Waals surface area contributed by atoms with E-state index in [1.165, 1.54) is 40.5 Å². The molecular weight excluding hydrogens is 570 g/mol. The van der Waals surface area contributed by atoms with Crippen molar-refractivity contribution in [2.75, 3.05) is 16.8 Å². The highest BCUT2D eigenvalue weighted by atomic mass is 32.1. The van der Waals surface area contributed by atoms with Gasteiger partial charge < -0.3 is 10.2 Å². The lowest BCUT2D eigenvalue weighted by Crippen LogP contribution is -2.33. The summed E-state index contributed by atoms with van der Waals surface area (Å²) >= 11 is 1.24. The number of hydrogen-bond acceptors (Lipinski definition) is 5. The van der Waals surface area contributed by atoms with E-state index in [2.05, 4.69) is 20.5 Å². The first-order valence-corrected chi connectivity index (χ1v) is 13.6. The first-order valence-electron chi connectivity index (χ1n) is 12.8. The molecule has 0 aliphatic carbocycles. The van der Waals surface area contributed by atoms with Crippen molar-refractivity contribution >= 4 is 34.5 Å². The van der Waals surface area contributed by atoms with Crippen LogP contribution in [0.25, 0.3) is 21.7 Å². The van der Waals surface area contributed by atoms with E-state index < -0.39 is 29.5 Å². The van der Waals surface area contributed by atoms with Crippen LogP contribution < -0.4 is 10.2 Å². The molecule has 0 fully saturated rings. The van der Waals surface area contributed by atoms with Gasteiger partial charge in [-0.2, -0.15) is 18.3 Å². The lowest BCUT2D eigenvalue weighted by atomic mass is 10.1. The predicted molar refractivity (Wildman–Crippen MR) is 151 cm³/mol. The van der Waals surface area contributed by atoms with Crippen molar-refractivity contribution in [2.24, 2.45) is 0 Å². The van der Waals surface area contributed by atoms with Gasteiger partial charge in [0.1, 0.15) is 11.5 Å². The van der Waals surface area contributed by atoms with Gasteiger partial charge in [-0.25, -0.2) is 9.37 Å². The maximum atomic E-state index is 14.3. The van der Waals surface area contributed by atoms with Crippen molar-refractivity contribution in [3.05, 3.63) is 106 Å². The molecule has 6 rings (SSSR count). The Balaban J connectivity index is 1.32. The first-order chi connectivity index (χ1) is 20.1. The number of hydrogen-bond donors (Lipinski definition) is 2. The normalized spacial score (nSPS) is 12.8. The fourth-order valence-corrected chi connectivity index (χ4v) is 6.07. The van der Waals surface area contributed by atoms with Crippen LogP contribution in [-0.4, -0.2) is 33.5 Å². The molecule has 0 unspecified atom stereocenters. The minimum atomic E-state index is -4.69. The third-order valence-corrected chi connectivity index (χ3v) is 8.15. The minimum absolute atomic E-state index is 0.0257. The van der Waals surface area contributed by atoms with Crippen molar-refractivity contribution in [2.45, 2.75) is 19.5 Å². The fourth-order valence-electron chi connectivity index (χ4n) is 4.93. The third kappa shape index (κ3) is 4.94. The van der Waals surface area contributed by atoms with Gasteiger partial charge >= 0.3 is 6.18 Å². The average Bonchev–Trinajstić information content (AvgIpc) is 3.61. The molecule has 42 heavy (non-hydrogen) atoms. The zero-order valence-corrected chi connectivity index (χ0v) is 22.7. The monoisotopic (exact) mass is 591 g/mol. The van der Waals surface area contributed by atoms with E-state index in [4.69, 9.17) is 0 Å². The Morgan fingerprint density at radius 3 is 2.60 bits per heavy atom. The van der Waals surface area contributed by atoms with Crippen LogP contribution in [-0.2, 0) is 12.6 Å². The zero-order chi connectivity index (χ0) is 29.6. The highest BCUT2D eigenvalue weighted by molar-refractivity contribution is 7.17. The topological polar surface area (TPSA) is 91.0 Å². The molecule has 2 N–H and O–H groups in total. The molecule has 4 heterocycles. The maximum Gasteiger partial charge on any atom is 0.435 e. The molecule has 2 amide bonds. The molecule has 0 bridgehead atoms. The van der Waals surface area contributed by atoms with Gasteiger partial charge in [-0.05, 0) is 54.8 Å². The number of halogens is 4. The number of carbonyl (C=O) groups excluding carboxylic acids is 2. The van der Waals surface area contributed by atoms with E-state index in [1.807, 2.05) is 12.1 Å². The number of pyridine rings is 1. The molecule has 0 saturated heterocycles. The minimum Gasteiger partial charge on any atom is -0.319 e. The number of nitrogens with one attached hydrogen (secondary N) is 2. The highest BCUT2D eigenvalue weighted by Gasteiger charge is 2.37. The van der Waals surface area contributed by atoms with Crippen LogP contribution >= 0.6 is 11.3 Å². The summed E-state index contributed by atoms with van der Waals surface area (Å²) in [4.78, 5) is 33.8. The summed E-state index contributed by atoms with van der Waals surface area (Å²) in [6.07, 6.45) is -3.19. The van der Waals surface area contributed by atoms with Crippen LogP contribution in [0.1, 0.15) is 37.0 Å². The standard InChI is InChI=1S/C30H21F4N5O2S/c1-16-6-4-8-20(31)25(16)37-28(40)24-14-17-12-13-39(23-11-3-2-7-18(23)26(17)42-24)29(41)22-10-5-9-21(36-22)19-15-35-38-27(19)30(32,33)34/h2-11,14-15H,12-13H2,1H3,(H,35,38)(H,37,40). The molecule has 1 aliphatic rings. The van der Waals surface area contributed by atoms with Gasteiger partial charge in [-0.1, -0.05) is 36.4 Å². The molecule has 12 heteroatoms. The lowest BCUT2D eigenvalue weighted by molar-refractivity contribution is -0.140. The zero-order valence-electron chi connectivity index (χ0n) is 21.9. The number of aromatic amines is 1. The number of amides is 2. The number of thiophene rings is 1.